The van der Waals surface area contributed by atoms with Crippen LogP contribution in [0.5, 0.6) is 11.5 Å². The van der Waals surface area contributed by atoms with E-state index in [1.54, 1.807) is 48.8 Å². The van der Waals surface area contributed by atoms with Gasteiger partial charge in [-0.1, -0.05) is 94.8 Å². The third-order valence-electron chi connectivity index (χ3n) is 13.8. The predicted molar refractivity (Wildman–Crippen MR) is 311 cm³/mol. The second-order valence-electron chi connectivity index (χ2n) is 22.2. The summed E-state index contributed by atoms with van der Waals surface area (Å²) in [4.78, 5) is 57.6. The smallest absolute Gasteiger partial charge is 0.240 e. The quantitative estimate of drug-likeness (QED) is 0.0252. The number of phenols is 2. The Labute approximate surface area is 468 Å². The highest BCUT2D eigenvalue weighted by Crippen LogP contribution is 2.28. The number of rotatable bonds is 22. The molecular weight excluding hydrogens is 1000 g/mol. The van der Waals surface area contributed by atoms with E-state index in [9.17, 15) is 29.4 Å². The van der Waals surface area contributed by atoms with Crippen LogP contribution in [-0.4, -0.2) is 70.8 Å². The van der Waals surface area contributed by atoms with Crippen LogP contribution in [0.4, 0.5) is 0 Å². The number of carbonyl (C=O) groups excluding carboxylic acids is 4. The molecular formula is C64H75N10O6+. The van der Waals surface area contributed by atoms with Gasteiger partial charge in [0, 0.05) is 86.2 Å². The molecule has 16 nitrogen and oxygen atoms in total. The van der Waals surface area contributed by atoms with Crippen LogP contribution in [0.25, 0.3) is 33.9 Å². The van der Waals surface area contributed by atoms with Gasteiger partial charge in [0.2, 0.25) is 35.0 Å². The molecule has 0 unspecified atom stereocenters. The van der Waals surface area contributed by atoms with Gasteiger partial charge < -0.3 is 32.3 Å². The maximum Gasteiger partial charge on any atom is 0.240 e. The average molecular weight is 1080 g/mol. The lowest BCUT2D eigenvalue weighted by molar-refractivity contribution is -0.662. The van der Waals surface area contributed by atoms with Crippen molar-refractivity contribution in [1.29, 1.82) is 0 Å². The van der Waals surface area contributed by atoms with E-state index in [1.165, 1.54) is 23.3 Å². The largest absolute Gasteiger partial charge is 0.508 e. The van der Waals surface area contributed by atoms with E-state index in [4.69, 9.17) is 16.6 Å². The number of nitrogens with one attached hydrogen (secondary N) is 3. The minimum Gasteiger partial charge on any atom is -0.508 e. The van der Waals surface area contributed by atoms with Crippen molar-refractivity contribution in [3.63, 3.8) is 0 Å². The molecule has 0 spiro atoms. The lowest BCUT2D eigenvalue weighted by Gasteiger charge is -2.19. The number of benzene rings is 4. The molecule has 8 rings (SSSR count). The number of amides is 4. The minimum atomic E-state index is -0.806. The Kier molecular flexibility index (Phi) is 19.9. The molecule has 9 N–H and O–H groups in total. The molecule has 2 atom stereocenters. The molecule has 4 heterocycles. The first kappa shape index (κ1) is 58.8. The van der Waals surface area contributed by atoms with Crippen LogP contribution in [-0.2, 0) is 55.7 Å². The predicted octanol–water partition coefficient (Wildman–Crippen LogP) is 9.15. The van der Waals surface area contributed by atoms with E-state index in [0.717, 1.165) is 75.7 Å². The lowest BCUT2D eigenvalue weighted by atomic mass is 9.87. The summed E-state index contributed by atoms with van der Waals surface area (Å²) in [6, 6.07) is 40.5. The number of nitrogens with two attached hydrogens (primary N) is 2. The van der Waals surface area contributed by atoms with E-state index in [-0.39, 0.29) is 53.4 Å². The first-order valence-electron chi connectivity index (χ1n) is 27.2. The molecule has 0 bridgehead atoms. The monoisotopic (exact) mass is 1080 g/mol. The molecule has 4 aromatic carbocycles. The number of aryl methyl sites for hydroxylation is 2. The Bertz CT molecular complexity index is 3290. The molecule has 0 aliphatic carbocycles. The molecule has 0 saturated heterocycles. The Morgan fingerprint density at radius 1 is 0.600 bits per heavy atom. The van der Waals surface area contributed by atoms with E-state index in [2.05, 4.69) is 133 Å². The average Bonchev–Trinajstić information content (AvgIpc) is 4.16. The SMILES string of the molecule is CC(C)(C)c1ccc(-[n+]2[nH]c(-c3cccnc3)cc2CCCCC(=O)N[C@@H](Cc2ccc(O)cc2)C(N)=O)cc1.CC(C)(C)c1ccc(-n2nc(CCCCC(=O)N[C@@H](Cc3ccc(O)cc3)C(N)=O)cc2-c2cccnc2)cc1. The molecule has 0 saturated carbocycles. The maximum atomic E-state index is 12.6. The fourth-order valence-electron chi connectivity index (χ4n) is 9.12. The number of pyridine rings is 2. The van der Waals surface area contributed by atoms with Crippen molar-refractivity contribution >= 4 is 23.6 Å². The molecule has 4 amide bonds. The summed E-state index contributed by atoms with van der Waals surface area (Å²) in [5.74, 6) is -1.33. The topological polar surface area (TPSA) is 248 Å². The fourth-order valence-corrected chi connectivity index (χ4v) is 9.12. The van der Waals surface area contributed by atoms with Crippen molar-refractivity contribution in [2.45, 2.75) is 129 Å². The first-order chi connectivity index (χ1) is 38.2. The highest BCUT2D eigenvalue weighted by molar-refractivity contribution is 5.87. The van der Waals surface area contributed by atoms with Gasteiger partial charge >= 0.3 is 0 Å². The number of aromatic amines is 1. The number of aromatic hydroxyl groups is 2. The van der Waals surface area contributed by atoms with Crippen molar-refractivity contribution in [2.75, 3.05) is 0 Å². The highest BCUT2D eigenvalue weighted by Gasteiger charge is 2.24. The summed E-state index contributed by atoms with van der Waals surface area (Å²) >= 11 is 0. The van der Waals surface area contributed by atoms with E-state index < -0.39 is 23.9 Å². The molecule has 80 heavy (non-hydrogen) atoms. The van der Waals surface area contributed by atoms with E-state index in [1.807, 2.05) is 41.3 Å². The van der Waals surface area contributed by atoms with Crippen molar-refractivity contribution in [3.05, 3.63) is 192 Å². The van der Waals surface area contributed by atoms with Crippen LogP contribution in [0, 0.1) is 0 Å². The number of hydrogen-bond acceptors (Lipinski definition) is 9. The number of nitrogens with zero attached hydrogens (tertiary/aromatic N) is 5. The van der Waals surface area contributed by atoms with Crippen LogP contribution >= 0.6 is 0 Å². The summed E-state index contributed by atoms with van der Waals surface area (Å²) in [5.41, 5.74) is 23.3. The van der Waals surface area contributed by atoms with Crippen LogP contribution < -0.4 is 26.8 Å². The van der Waals surface area contributed by atoms with Crippen LogP contribution in [0.1, 0.15) is 114 Å². The van der Waals surface area contributed by atoms with Gasteiger partial charge in [-0.25, -0.2) is 4.68 Å². The van der Waals surface area contributed by atoms with Gasteiger partial charge in [0.15, 0.2) is 0 Å². The number of carbonyl (C=O) groups is 4. The van der Waals surface area contributed by atoms with Gasteiger partial charge in [0.1, 0.15) is 29.3 Å². The second kappa shape index (κ2) is 27.1. The summed E-state index contributed by atoms with van der Waals surface area (Å²) < 4.78 is 4.04. The number of H-pyrrole nitrogens is 1. The third-order valence-corrected chi connectivity index (χ3v) is 13.8. The number of primary amides is 2. The first-order valence-corrected chi connectivity index (χ1v) is 27.2. The van der Waals surface area contributed by atoms with Crippen LogP contribution in [0.15, 0.2) is 158 Å². The highest BCUT2D eigenvalue weighted by atomic mass is 16.3. The van der Waals surface area contributed by atoms with E-state index in [0.29, 0.717) is 25.7 Å². The zero-order chi connectivity index (χ0) is 57.4. The Hall–Kier alpha value is -8.92. The molecule has 0 aliphatic rings. The summed E-state index contributed by atoms with van der Waals surface area (Å²) in [7, 11) is 0. The normalized spacial score (nSPS) is 12.2. The molecule has 4 aromatic heterocycles. The number of unbranched alkanes of at least 4 members (excludes halogenated alkanes) is 2. The van der Waals surface area contributed by atoms with Gasteiger partial charge in [-0.3, -0.25) is 29.1 Å². The van der Waals surface area contributed by atoms with Crippen molar-refractivity contribution in [2.24, 2.45) is 11.5 Å². The van der Waals surface area contributed by atoms with Gasteiger partial charge in [-0.2, -0.15) is 10.2 Å². The molecule has 0 fully saturated rings. The number of phenolic OH excluding ortho intramolecular Hbond substituents is 2. The van der Waals surface area contributed by atoms with Crippen LogP contribution in [0.2, 0.25) is 0 Å². The molecule has 16 heteroatoms. The fraction of sp³-hybridized carbons (Fsp3) is 0.312. The molecule has 416 valence electrons. The molecule has 0 radical (unpaired) electrons. The van der Waals surface area contributed by atoms with Gasteiger partial charge in [-0.15, -0.1) is 0 Å². The zero-order valence-electron chi connectivity index (χ0n) is 46.7. The summed E-state index contributed by atoms with van der Waals surface area (Å²) in [6.45, 7) is 13.2. The van der Waals surface area contributed by atoms with Crippen molar-refractivity contribution in [1.82, 2.24) is 35.5 Å². The van der Waals surface area contributed by atoms with Gasteiger partial charge in [0.25, 0.3) is 0 Å². The number of aromatic nitrogens is 6. The molecule has 0 aliphatic heterocycles. The van der Waals surface area contributed by atoms with Crippen molar-refractivity contribution < 1.29 is 34.1 Å². The third kappa shape index (κ3) is 17.0. The van der Waals surface area contributed by atoms with Gasteiger partial charge in [0.05, 0.1) is 17.1 Å². The molecule has 8 aromatic rings. The second-order valence-corrected chi connectivity index (χ2v) is 22.2. The van der Waals surface area contributed by atoms with Crippen LogP contribution in [0.3, 0.4) is 0 Å². The lowest BCUT2D eigenvalue weighted by Crippen LogP contribution is -2.45. The Balaban J connectivity index is 0.000000231. The maximum absolute atomic E-state index is 12.6. The summed E-state index contributed by atoms with van der Waals surface area (Å²) in [5, 5.41) is 32.8. The minimum absolute atomic E-state index is 0.0647. The number of hydrogen-bond donors (Lipinski definition) is 7. The summed E-state index contributed by atoms with van der Waals surface area (Å²) in [6.07, 6.45) is 12.6. The van der Waals surface area contributed by atoms with Gasteiger partial charge in [-0.05, 0) is 132 Å². The van der Waals surface area contributed by atoms with E-state index >= 15 is 0 Å². The van der Waals surface area contributed by atoms with Crippen molar-refractivity contribution in [3.8, 4) is 45.4 Å². The Morgan fingerprint density at radius 3 is 1.54 bits per heavy atom. The standard InChI is InChI=1S/2C32H37N5O3/c1-32(2,3)24-12-14-25(15-13-24)37-26(20-28(36-37)23-7-6-18-34-21-23)8-4-5-9-30(39)35-29(31(33)40)19-22-10-16-27(38)17-11-22;1-32(2,3)24-12-14-26(15-13-24)37-29(23-7-6-18-34-21-23)20-25(36-37)8-4-5-9-30(39)35-28(31(33)40)19-22-10-16-27(38)17-11-22/h6-7,10-18,20-21,29H,4-5,8-9,19H2,1-3H3,(H4,33,35,38,39,40);6-7,10-18,20-21,28,38H,4-5,8-9,19H2,1-3H3,(H2,33,40)(H,35,39)/p+1/t29-;28-/m00/s1. The zero-order valence-corrected chi connectivity index (χ0v) is 46.7. The Morgan fingerprint density at radius 2 is 1.07 bits per heavy atom.